The van der Waals surface area contributed by atoms with Gasteiger partial charge in [0.05, 0.1) is 18.8 Å². The van der Waals surface area contributed by atoms with Crippen LogP contribution in [0.4, 0.5) is 0 Å². The highest BCUT2D eigenvalue weighted by Gasteiger charge is 2.22. The fourth-order valence-electron chi connectivity index (χ4n) is 9.51. The molecule has 0 aliphatic rings. The van der Waals surface area contributed by atoms with E-state index in [1.807, 2.05) is 6.08 Å². The summed E-state index contributed by atoms with van der Waals surface area (Å²) in [4.78, 5) is 12.6. The molecule has 0 radical (unpaired) electrons. The van der Waals surface area contributed by atoms with Crippen molar-refractivity contribution in [2.45, 2.75) is 347 Å². The fourth-order valence-corrected chi connectivity index (χ4v) is 9.51. The van der Waals surface area contributed by atoms with Crippen LogP contribution in [0, 0.1) is 0 Å². The molecule has 3 unspecified atom stereocenters. The largest absolute Gasteiger partial charge is 0.394 e. The molecule has 0 aromatic heterocycles. The molecule has 0 rings (SSSR count). The van der Waals surface area contributed by atoms with Crippen LogP contribution in [0.5, 0.6) is 0 Å². The van der Waals surface area contributed by atoms with Crippen molar-refractivity contribution in [3.05, 3.63) is 36.5 Å². The van der Waals surface area contributed by atoms with E-state index in [4.69, 9.17) is 0 Å². The van der Waals surface area contributed by atoms with Crippen molar-refractivity contribution in [3.63, 3.8) is 0 Å². The molecule has 5 heteroatoms. The zero-order chi connectivity index (χ0) is 48.6. The van der Waals surface area contributed by atoms with E-state index in [-0.39, 0.29) is 6.61 Å². The van der Waals surface area contributed by atoms with Crippen LogP contribution in [0.15, 0.2) is 36.5 Å². The molecule has 396 valence electrons. The van der Waals surface area contributed by atoms with Crippen molar-refractivity contribution in [1.82, 2.24) is 5.32 Å². The van der Waals surface area contributed by atoms with E-state index < -0.39 is 24.2 Å². The van der Waals surface area contributed by atoms with Crippen molar-refractivity contribution in [2.75, 3.05) is 6.61 Å². The molecule has 0 aromatic rings. The molecule has 0 fully saturated rings. The second-order valence-electron chi connectivity index (χ2n) is 20.9. The molecule has 3 atom stereocenters. The number of unbranched alkanes of at least 4 members (excludes halogenated alkanes) is 44. The lowest BCUT2D eigenvalue weighted by atomic mass is 10.0. The van der Waals surface area contributed by atoms with Crippen molar-refractivity contribution >= 4 is 5.91 Å². The maximum Gasteiger partial charge on any atom is 0.249 e. The number of rotatable bonds is 56. The molecule has 1 amide bonds. The predicted octanol–water partition coefficient (Wildman–Crippen LogP) is 19.0. The van der Waals surface area contributed by atoms with Gasteiger partial charge in [-0.2, -0.15) is 0 Å². The molecular formula is C62H119NO4. The minimum Gasteiger partial charge on any atom is -0.394 e. The van der Waals surface area contributed by atoms with Gasteiger partial charge in [0.2, 0.25) is 5.91 Å². The topological polar surface area (TPSA) is 89.8 Å². The van der Waals surface area contributed by atoms with E-state index in [1.54, 1.807) is 6.08 Å². The summed E-state index contributed by atoms with van der Waals surface area (Å²) in [5.41, 5.74) is 0. The third kappa shape index (κ3) is 52.2. The van der Waals surface area contributed by atoms with Gasteiger partial charge in [-0.3, -0.25) is 4.79 Å². The number of aliphatic hydroxyl groups is 3. The van der Waals surface area contributed by atoms with Crippen molar-refractivity contribution < 1.29 is 20.1 Å². The number of carbonyl (C=O) groups excluding carboxylic acids is 1. The second-order valence-corrected chi connectivity index (χ2v) is 20.9. The Morgan fingerprint density at radius 3 is 0.940 bits per heavy atom. The number of carbonyl (C=O) groups is 1. The van der Waals surface area contributed by atoms with Crippen LogP contribution >= 0.6 is 0 Å². The highest BCUT2D eigenvalue weighted by molar-refractivity contribution is 5.80. The SMILES string of the molecule is CCCCCCCCCCCCC/C=C\C/C=C\CCCCCCCCCCCCCCCCCCC(O)C(=O)NC(CO)C(O)/C=C/CCCCCCCCCCCCCCCCCCC. The van der Waals surface area contributed by atoms with E-state index in [2.05, 4.69) is 43.5 Å². The van der Waals surface area contributed by atoms with Gasteiger partial charge in [0, 0.05) is 0 Å². The first-order valence-corrected chi connectivity index (χ1v) is 30.3. The summed E-state index contributed by atoms with van der Waals surface area (Å²) in [6.45, 7) is 4.22. The molecule has 0 heterocycles. The van der Waals surface area contributed by atoms with E-state index in [0.717, 1.165) is 38.5 Å². The molecule has 0 aromatic carbocycles. The minimum absolute atomic E-state index is 0.361. The summed E-state index contributed by atoms with van der Waals surface area (Å²) in [5, 5.41) is 33.4. The van der Waals surface area contributed by atoms with Gasteiger partial charge in [-0.15, -0.1) is 0 Å². The standard InChI is InChI=1S/C62H119NO4/c1-3-5-7-9-11-13-15-17-19-21-23-24-25-26-27-28-29-30-31-32-33-34-35-36-37-39-41-43-45-47-49-51-53-55-57-61(66)62(67)63-59(58-64)60(65)56-54-52-50-48-46-44-42-40-38-22-20-18-16-14-12-10-8-6-4-2/h25-26,28-29,54,56,59-61,64-66H,3-24,27,30-53,55,57-58H2,1-2H3,(H,63,67)/b26-25-,29-28-,56-54+. The highest BCUT2D eigenvalue weighted by Crippen LogP contribution is 2.18. The van der Waals surface area contributed by atoms with Crippen LogP contribution < -0.4 is 5.32 Å². The second kappa shape index (κ2) is 57.2. The quantitative estimate of drug-likeness (QED) is 0.0361. The normalized spacial score (nSPS) is 13.4. The zero-order valence-corrected chi connectivity index (χ0v) is 45.3. The average molecular weight is 943 g/mol. The summed E-state index contributed by atoms with van der Waals surface area (Å²) in [6.07, 6.45) is 75.3. The maximum atomic E-state index is 12.6. The first kappa shape index (κ1) is 65.6. The van der Waals surface area contributed by atoms with Gasteiger partial charge < -0.3 is 20.6 Å². The van der Waals surface area contributed by atoms with Gasteiger partial charge in [-0.25, -0.2) is 0 Å². The number of aliphatic hydroxyl groups excluding tert-OH is 3. The highest BCUT2D eigenvalue weighted by atomic mass is 16.3. The van der Waals surface area contributed by atoms with Gasteiger partial charge >= 0.3 is 0 Å². The molecule has 0 aliphatic carbocycles. The Morgan fingerprint density at radius 2 is 0.642 bits per heavy atom. The van der Waals surface area contributed by atoms with Gasteiger partial charge in [-0.1, -0.05) is 314 Å². The van der Waals surface area contributed by atoms with E-state index in [9.17, 15) is 20.1 Å². The first-order valence-electron chi connectivity index (χ1n) is 30.3. The van der Waals surface area contributed by atoms with Crippen LogP contribution in [0.3, 0.4) is 0 Å². The molecule has 0 bridgehead atoms. The summed E-state index contributed by atoms with van der Waals surface area (Å²) < 4.78 is 0. The number of nitrogens with one attached hydrogen (secondary N) is 1. The first-order chi connectivity index (χ1) is 33.1. The Hall–Kier alpha value is -1.43. The molecule has 5 nitrogen and oxygen atoms in total. The Balaban J connectivity index is 3.52. The zero-order valence-electron chi connectivity index (χ0n) is 45.3. The summed E-state index contributed by atoms with van der Waals surface area (Å²) in [6, 6.07) is -0.798. The van der Waals surface area contributed by atoms with Gasteiger partial charge in [0.1, 0.15) is 6.10 Å². The van der Waals surface area contributed by atoms with E-state index in [0.29, 0.717) is 6.42 Å². The van der Waals surface area contributed by atoms with Crippen molar-refractivity contribution in [1.29, 1.82) is 0 Å². The lowest BCUT2D eigenvalue weighted by Gasteiger charge is -2.21. The summed E-state index contributed by atoms with van der Waals surface area (Å²) >= 11 is 0. The minimum atomic E-state index is -1.10. The fraction of sp³-hybridized carbons (Fsp3) is 0.887. The van der Waals surface area contributed by atoms with E-state index in [1.165, 1.54) is 270 Å². The molecule has 67 heavy (non-hydrogen) atoms. The maximum absolute atomic E-state index is 12.6. The molecule has 0 saturated carbocycles. The number of hydrogen-bond acceptors (Lipinski definition) is 4. The average Bonchev–Trinajstić information content (AvgIpc) is 3.33. The molecule has 4 N–H and O–H groups in total. The van der Waals surface area contributed by atoms with E-state index >= 15 is 0 Å². The Labute approximate surface area is 419 Å². The van der Waals surface area contributed by atoms with Crippen LogP contribution in [-0.4, -0.2) is 46.1 Å². The Bertz CT molecular complexity index is 1040. The molecule has 0 spiro atoms. The Kier molecular flexibility index (Phi) is 55.9. The number of allylic oxidation sites excluding steroid dienone is 5. The van der Waals surface area contributed by atoms with Gasteiger partial charge in [-0.05, 0) is 51.4 Å². The van der Waals surface area contributed by atoms with Crippen LogP contribution in [0.2, 0.25) is 0 Å². The predicted molar refractivity (Wildman–Crippen MR) is 296 cm³/mol. The van der Waals surface area contributed by atoms with Gasteiger partial charge in [0.25, 0.3) is 0 Å². The summed E-state index contributed by atoms with van der Waals surface area (Å²) in [5.74, 6) is -0.499. The molecule has 0 aliphatic heterocycles. The number of hydrogen-bond donors (Lipinski definition) is 4. The lowest BCUT2D eigenvalue weighted by molar-refractivity contribution is -0.131. The molecule has 0 saturated heterocycles. The lowest BCUT2D eigenvalue weighted by Crippen LogP contribution is -2.48. The van der Waals surface area contributed by atoms with Crippen LogP contribution in [0.25, 0.3) is 0 Å². The molecular weight excluding hydrogens is 823 g/mol. The van der Waals surface area contributed by atoms with Crippen molar-refractivity contribution in [2.24, 2.45) is 0 Å². The van der Waals surface area contributed by atoms with Crippen molar-refractivity contribution in [3.8, 4) is 0 Å². The summed E-state index contributed by atoms with van der Waals surface area (Å²) in [7, 11) is 0. The number of amides is 1. The third-order valence-electron chi connectivity index (χ3n) is 14.2. The third-order valence-corrected chi connectivity index (χ3v) is 14.2. The Morgan fingerprint density at radius 1 is 0.373 bits per heavy atom. The van der Waals surface area contributed by atoms with Crippen LogP contribution in [-0.2, 0) is 4.79 Å². The van der Waals surface area contributed by atoms with Crippen LogP contribution in [0.1, 0.15) is 328 Å². The monoisotopic (exact) mass is 942 g/mol. The smallest absolute Gasteiger partial charge is 0.249 e. The van der Waals surface area contributed by atoms with Gasteiger partial charge in [0.15, 0.2) is 0 Å².